The Morgan fingerprint density at radius 3 is 2.80 bits per heavy atom. The van der Waals surface area contributed by atoms with E-state index >= 15 is 0 Å². The third kappa shape index (κ3) is 2.92. The smallest absolute Gasteiger partial charge is 0.321 e. The van der Waals surface area contributed by atoms with Crippen LogP contribution in [0.15, 0.2) is 24.3 Å². The second-order valence-corrected chi connectivity index (χ2v) is 5.00. The lowest BCUT2D eigenvalue weighted by Crippen LogP contribution is -2.40. The van der Waals surface area contributed by atoms with E-state index in [0.717, 1.165) is 19.3 Å². The summed E-state index contributed by atoms with van der Waals surface area (Å²) in [6, 6.07) is 6.98. The van der Waals surface area contributed by atoms with Gasteiger partial charge in [-0.15, -0.1) is 0 Å². The van der Waals surface area contributed by atoms with Crippen molar-refractivity contribution in [3.05, 3.63) is 29.8 Å². The van der Waals surface area contributed by atoms with E-state index in [1.54, 1.807) is 18.2 Å². The minimum absolute atomic E-state index is 0.203. The molecule has 2 N–H and O–H groups in total. The van der Waals surface area contributed by atoms with E-state index in [2.05, 4.69) is 12.2 Å². The van der Waals surface area contributed by atoms with Gasteiger partial charge in [0.15, 0.2) is 0 Å². The molecule has 0 bridgehead atoms. The van der Waals surface area contributed by atoms with Crippen LogP contribution in [-0.2, 0) is 4.79 Å². The maximum atomic E-state index is 12.2. The molecule has 2 amide bonds. The fraction of sp³-hybridized carbons (Fsp3) is 0.467. The number of anilines is 1. The van der Waals surface area contributed by atoms with E-state index in [1.165, 1.54) is 4.90 Å². The number of hydrogen-bond acceptors (Lipinski definition) is 2. The first-order valence-corrected chi connectivity index (χ1v) is 7.02. The molecule has 0 fully saturated rings. The summed E-state index contributed by atoms with van der Waals surface area (Å²) in [5.74, 6) is -1.52. The van der Waals surface area contributed by atoms with Gasteiger partial charge in [0.1, 0.15) is 5.92 Å². The van der Waals surface area contributed by atoms with Crippen LogP contribution in [0.2, 0.25) is 0 Å². The number of urea groups is 1. The number of carbonyl (C=O) groups excluding carboxylic acids is 1. The fourth-order valence-corrected chi connectivity index (χ4v) is 2.48. The third-order valence-electron chi connectivity index (χ3n) is 3.57. The van der Waals surface area contributed by atoms with Gasteiger partial charge >= 0.3 is 12.0 Å². The van der Waals surface area contributed by atoms with Crippen molar-refractivity contribution >= 4 is 17.7 Å². The summed E-state index contributed by atoms with van der Waals surface area (Å²) in [6.45, 7) is 2.94. The Morgan fingerprint density at radius 1 is 1.35 bits per heavy atom. The number of fused-ring (bicyclic) bond motifs is 1. The number of aliphatic carboxylic acids is 1. The number of carboxylic acids is 1. The molecule has 5 nitrogen and oxygen atoms in total. The van der Waals surface area contributed by atoms with E-state index in [9.17, 15) is 14.7 Å². The molecule has 0 spiro atoms. The highest BCUT2D eigenvalue weighted by molar-refractivity contribution is 5.97. The predicted molar refractivity (Wildman–Crippen MR) is 77.1 cm³/mol. The molecule has 108 valence electrons. The van der Waals surface area contributed by atoms with Crippen molar-refractivity contribution in [2.45, 2.75) is 32.1 Å². The number of carbonyl (C=O) groups is 2. The highest BCUT2D eigenvalue weighted by Crippen LogP contribution is 2.36. The van der Waals surface area contributed by atoms with Gasteiger partial charge in [0, 0.05) is 18.8 Å². The number of carboxylic acid groups (broad SMARTS) is 1. The van der Waals surface area contributed by atoms with E-state index in [1.807, 2.05) is 6.07 Å². The largest absolute Gasteiger partial charge is 0.481 e. The van der Waals surface area contributed by atoms with Crippen molar-refractivity contribution in [3.8, 4) is 0 Å². The van der Waals surface area contributed by atoms with Crippen LogP contribution in [0.5, 0.6) is 0 Å². The van der Waals surface area contributed by atoms with Crippen LogP contribution in [0.1, 0.15) is 37.7 Å². The number of para-hydroxylation sites is 1. The predicted octanol–water partition coefficient (Wildman–Crippen LogP) is 2.57. The summed E-state index contributed by atoms with van der Waals surface area (Å²) in [7, 11) is 0. The first-order valence-electron chi connectivity index (χ1n) is 7.02. The van der Waals surface area contributed by atoms with Crippen LogP contribution in [-0.4, -0.2) is 30.2 Å². The van der Waals surface area contributed by atoms with Crippen molar-refractivity contribution in [2.75, 3.05) is 18.0 Å². The Hall–Kier alpha value is -2.04. The van der Waals surface area contributed by atoms with Gasteiger partial charge in [-0.2, -0.15) is 0 Å². The fourth-order valence-electron chi connectivity index (χ4n) is 2.48. The van der Waals surface area contributed by atoms with Crippen LogP contribution in [0.25, 0.3) is 0 Å². The van der Waals surface area contributed by atoms with Crippen LogP contribution in [0, 0.1) is 0 Å². The molecule has 1 unspecified atom stereocenters. The van der Waals surface area contributed by atoms with E-state index < -0.39 is 11.9 Å². The molecule has 1 aromatic rings. The van der Waals surface area contributed by atoms with Crippen LogP contribution in [0.4, 0.5) is 10.5 Å². The molecule has 0 saturated heterocycles. The van der Waals surface area contributed by atoms with Crippen LogP contribution in [0.3, 0.4) is 0 Å². The summed E-state index contributed by atoms with van der Waals surface area (Å²) in [5.41, 5.74) is 1.41. The summed E-state index contributed by atoms with van der Waals surface area (Å²) in [4.78, 5) is 25.0. The van der Waals surface area contributed by atoms with Gasteiger partial charge in [0.25, 0.3) is 0 Å². The lowest BCUT2D eigenvalue weighted by atomic mass is 10.0. The molecule has 1 heterocycles. The first kappa shape index (κ1) is 14.4. The molecule has 0 aliphatic carbocycles. The monoisotopic (exact) mass is 276 g/mol. The molecule has 0 saturated carbocycles. The SMILES string of the molecule is CCCCCNC(=O)N1CC(C(=O)O)c2ccccc21. The second-order valence-electron chi connectivity index (χ2n) is 5.00. The number of unbranched alkanes of at least 4 members (excludes halogenated alkanes) is 2. The molecule has 0 aromatic heterocycles. The van der Waals surface area contributed by atoms with Gasteiger partial charge in [-0.3, -0.25) is 9.69 Å². The van der Waals surface area contributed by atoms with Crippen molar-refractivity contribution in [2.24, 2.45) is 0 Å². The van der Waals surface area contributed by atoms with Gasteiger partial charge in [0.05, 0.1) is 0 Å². The van der Waals surface area contributed by atoms with Gasteiger partial charge in [0.2, 0.25) is 0 Å². The standard InChI is InChI=1S/C15H20N2O3/c1-2-3-6-9-16-15(20)17-10-12(14(18)19)11-7-4-5-8-13(11)17/h4-5,7-8,12H,2-3,6,9-10H2,1H3,(H,16,20)(H,18,19). The summed E-state index contributed by atoms with van der Waals surface area (Å²) in [6.07, 6.45) is 3.12. The summed E-state index contributed by atoms with van der Waals surface area (Å²) in [5, 5.41) is 12.1. The van der Waals surface area contributed by atoms with Gasteiger partial charge < -0.3 is 10.4 Å². The molecule has 1 aromatic carbocycles. The Kier molecular flexibility index (Phi) is 4.61. The molecule has 1 atom stereocenters. The summed E-state index contributed by atoms with van der Waals surface area (Å²) >= 11 is 0. The first-order chi connectivity index (χ1) is 9.65. The highest BCUT2D eigenvalue weighted by Gasteiger charge is 2.36. The van der Waals surface area contributed by atoms with Gasteiger partial charge in [-0.1, -0.05) is 38.0 Å². The average Bonchev–Trinajstić information content (AvgIpc) is 2.83. The van der Waals surface area contributed by atoms with E-state index in [0.29, 0.717) is 17.8 Å². The zero-order chi connectivity index (χ0) is 14.5. The zero-order valence-electron chi connectivity index (χ0n) is 11.6. The molecule has 20 heavy (non-hydrogen) atoms. The molecule has 1 aliphatic rings. The number of hydrogen-bond donors (Lipinski definition) is 2. The van der Waals surface area contributed by atoms with E-state index in [4.69, 9.17) is 0 Å². The second kappa shape index (κ2) is 6.41. The summed E-state index contributed by atoms with van der Waals surface area (Å²) < 4.78 is 0. The number of benzene rings is 1. The Labute approximate surface area is 118 Å². The highest BCUT2D eigenvalue weighted by atomic mass is 16.4. The van der Waals surface area contributed by atoms with Crippen molar-refractivity contribution in [1.29, 1.82) is 0 Å². The Morgan fingerprint density at radius 2 is 2.10 bits per heavy atom. The molecular weight excluding hydrogens is 256 g/mol. The number of nitrogens with one attached hydrogen (secondary N) is 1. The minimum Gasteiger partial charge on any atom is -0.481 e. The average molecular weight is 276 g/mol. The molecule has 2 rings (SSSR count). The van der Waals surface area contributed by atoms with Gasteiger partial charge in [-0.25, -0.2) is 4.79 Å². The molecular formula is C15H20N2O3. The number of rotatable bonds is 5. The molecule has 1 aliphatic heterocycles. The maximum Gasteiger partial charge on any atom is 0.321 e. The molecule has 0 radical (unpaired) electrons. The number of nitrogens with zero attached hydrogens (tertiary/aromatic N) is 1. The number of amides is 2. The third-order valence-corrected chi connectivity index (χ3v) is 3.57. The lowest BCUT2D eigenvalue weighted by molar-refractivity contribution is -0.138. The van der Waals surface area contributed by atoms with Crippen LogP contribution >= 0.6 is 0 Å². The van der Waals surface area contributed by atoms with Crippen molar-refractivity contribution in [3.63, 3.8) is 0 Å². The zero-order valence-corrected chi connectivity index (χ0v) is 11.6. The topological polar surface area (TPSA) is 69.6 Å². The van der Waals surface area contributed by atoms with Crippen LogP contribution < -0.4 is 10.2 Å². The molecule has 5 heteroatoms. The van der Waals surface area contributed by atoms with Crippen molar-refractivity contribution in [1.82, 2.24) is 5.32 Å². The minimum atomic E-state index is -0.890. The normalized spacial score (nSPS) is 16.9. The lowest BCUT2D eigenvalue weighted by Gasteiger charge is -2.18. The maximum absolute atomic E-state index is 12.2. The Bertz CT molecular complexity index is 502. The quantitative estimate of drug-likeness (QED) is 0.812. The van der Waals surface area contributed by atoms with Gasteiger partial charge in [-0.05, 0) is 18.1 Å². The Balaban J connectivity index is 2.06. The van der Waals surface area contributed by atoms with Crippen molar-refractivity contribution < 1.29 is 14.7 Å². The van der Waals surface area contributed by atoms with E-state index in [-0.39, 0.29) is 12.6 Å².